The highest BCUT2D eigenvalue weighted by Crippen LogP contribution is 2.52. The van der Waals surface area contributed by atoms with Gasteiger partial charge in [0.1, 0.15) is 0 Å². The Morgan fingerprint density at radius 3 is 2.46 bits per heavy atom. The number of hydrogen-bond donors (Lipinski definition) is 1. The van der Waals surface area contributed by atoms with Crippen LogP contribution in [0.4, 0.5) is 5.95 Å². The van der Waals surface area contributed by atoms with Gasteiger partial charge in [0, 0.05) is 18.4 Å². The molecule has 0 bridgehead atoms. The van der Waals surface area contributed by atoms with Crippen LogP contribution in [0.3, 0.4) is 0 Å². The van der Waals surface area contributed by atoms with Crippen molar-refractivity contribution >= 4 is 5.95 Å². The topological polar surface area (TPSA) is 37.8 Å². The van der Waals surface area contributed by atoms with Crippen LogP contribution in [0.5, 0.6) is 0 Å². The highest BCUT2D eigenvalue weighted by atomic mass is 15.1. The van der Waals surface area contributed by atoms with Crippen molar-refractivity contribution in [3.05, 3.63) is 18.5 Å². The number of nitrogens with one attached hydrogen (secondary N) is 1. The van der Waals surface area contributed by atoms with Gasteiger partial charge in [-0.15, -0.1) is 0 Å². The van der Waals surface area contributed by atoms with Crippen molar-refractivity contribution in [2.75, 3.05) is 5.32 Å². The molecule has 68 valence electrons. The maximum absolute atomic E-state index is 4.16. The predicted molar refractivity (Wildman–Crippen MR) is 50.3 cm³/mol. The van der Waals surface area contributed by atoms with E-state index < -0.39 is 0 Å². The Morgan fingerprint density at radius 1 is 1.08 bits per heavy atom. The first-order chi connectivity index (χ1) is 6.42. The summed E-state index contributed by atoms with van der Waals surface area (Å²) >= 11 is 0. The highest BCUT2D eigenvalue weighted by Gasteiger charge is 2.45. The van der Waals surface area contributed by atoms with E-state index in [0.29, 0.717) is 6.04 Å². The molecule has 0 spiro atoms. The first-order valence-electron chi connectivity index (χ1n) is 4.95. The minimum Gasteiger partial charge on any atom is -0.351 e. The van der Waals surface area contributed by atoms with Crippen LogP contribution in [0.1, 0.15) is 19.3 Å². The standard InChI is InChI=1S/C10H13N3/c1-2-11-10(12-3-1)13-9-5-7-4-8(7)6-9/h1-3,7-9H,4-6H2,(H,11,12,13). The molecule has 0 radical (unpaired) electrons. The third kappa shape index (κ3) is 1.39. The summed E-state index contributed by atoms with van der Waals surface area (Å²) in [4.78, 5) is 8.32. The zero-order valence-corrected chi connectivity index (χ0v) is 7.48. The first-order valence-corrected chi connectivity index (χ1v) is 4.95. The summed E-state index contributed by atoms with van der Waals surface area (Å²) in [5.41, 5.74) is 0. The Balaban J connectivity index is 1.63. The second-order valence-corrected chi connectivity index (χ2v) is 4.14. The number of rotatable bonds is 2. The van der Waals surface area contributed by atoms with E-state index >= 15 is 0 Å². The number of fused-ring (bicyclic) bond motifs is 1. The molecule has 0 saturated heterocycles. The predicted octanol–water partition coefficient (Wildman–Crippen LogP) is 1.69. The molecule has 0 aliphatic heterocycles. The normalized spacial score (nSPS) is 35.5. The zero-order chi connectivity index (χ0) is 8.67. The van der Waals surface area contributed by atoms with Crippen molar-refractivity contribution in [1.29, 1.82) is 0 Å². The van der Waals surface area contributed by atoms with Crippen LogP contribution in [0.15, 0.2) is 18.5 Å². The fraction of sp³-hybridized carbons (Fsp3) is 0.600. The van der Waals surface area contributed by atoms with Crippen LogP contribution in [-0.4, -0.2) is 16.0 Å². The lowest BCUT2D eigenvalue weighted by molar-refractivity contribution is 0.646. The van der Waals surface area contributed by atoms with Crippen LogP contribution in [0.2, 0.25) is 0 Å². The fourth-order valence-corrected chi connectivity index (χ4v) is 2.39. The molecule has 3 heteroatoms. The molecule has 1 heterocycles. The number of aromatic nitrogens is 2. The average Bonchev–Trinajstić information content (AvgIpc) is 2.76. The summed E-state index contributed by atoms with van der Waals surface area (Å²) in [6, 6.07) is 2.48. The van der Waals surface area contributed by atoms with Crippen LogP contribution >= 0.6 is 0 Å². The third-order valence-electron chi connectivity index (χ3n) is 3.14. The Kier molecular flexibility index (Phi) is 1.51. The summed E-state index contributed by atoms with van der Waals surface area (Å²) in [5.74, 6) is 2.82. The lowest BCUT2D eigenvalue weighted by Gasteiger charge is -2.12. The molecule has 1 aromatic rings. The van der Waals surface area contributed by atoms with Crippen molar-refractivity contribution in [2.24, 2.45) is 11.8 Å². The number of nitrogens with zero attached hydrogens (tertiary/aromatic N) is 2. The van der Waals surface area contributed by atoms with Crippen molar-refractivity contribution in [1.82, 2.24) is 9.97 Å². The summed E-state index contributed by atoms with van der Waals surface area (Å²) in [6.07, 6.45) is 7.68. The maximum Gasteiger partial charge on any atom is 0.222 e. The van der Waals surface area contributed by atoms with Crippen molar-refractivity contribution in [2.45, 2.75) is 25.3 Å². The van der Waals surface area contributed by atoms with Gasteiger partial charge in [0.05, 0.1) is 0 Å². The lowest BCUT2D eigenvalue weighted by atomic mass is 10.2. The lowest BCUT2D eigenvalue weighted by Crippen LogP contribution is -2.18. The summed E-state index contributed by atoms with van der Waals surface area (Å²) in [6.45, 7) is 0. The molecule has 2 fully saturated rings. The van der Waals surface area contributed by atoms with Gasteiger partial charge >= 0.3 is 0 Å². The smallest absolute Gasteiger partial charge is 0.222 e. The second kappa shape index (κ2) is 2.69. The molecular weight excluding hydrogens is 162 g/mol. The first kappa shape index (κ1) is 7.30. The van der Waals surface area contributed by atoms with E-state index in [1.165, 1.54) is 19.3 Å². The summed E-state index contributed by atoms with van der Waals surface area (Å²) in [5, 5.41) is 3.38. The minimum atomic E-state index is 0.631. The minimum absolute atomic E-state index is 0.631. The molecule has 1 N–H and O–H groups in total. The molecule has 0 aromatic carbocycles. The van der Waals surface area contributed by atoms with Gasteiger partial charge in [-0.3, -0.25) is 0 Å². The van der Waals surface area contributed by atoms with E-state index in [-0.39, 0.29) is 0 Å². The second-order valence-electron chi connectivity index (χ2n) is 4.14. The Hall–Kier alpha value is -1.12. The Bertz CT molecular complexity index is 288. The van der Waals surface area contributed by atoms with Gasteiger partial charge in [0.25, 0.3) is 0 Å². The molecule has 2 aliphatic carbocycles. The molecule has 2 aliphatic rings. The molecule has 2 saturated carbocycles. The van der Waals surface area contributed by atoms with E-state index in [2.05, 4.69) is 15.3 Å². The van der Waals surface area contributed by atoms with Crippen molar-refractivity contribution in [3.63, 3.8) is 0 Å². The molecule has 1 aromatic heterocycles. The van der Waals surface area contributed by atoms with Crippen LogP contribution in [0, 0.1) is 11.8 Å². The van der Waals surface area contributed by atoms with Gasteiger partial charge in [-0.05, 0) is 37.2 Å². The van der Waals surface area contributed by atoms with E-state index in [4.69, 9.17) is 0 Å². The highest BCUT2D eigenvalue weighted by molar-refractivity contribution is 5.26. The quantitative estimate of drug-likeness (QED) is 0.743. The molecule has 13 heavy (non-hydrogen) atoms. The van der Waals surface area contributed by atoms with Crippen LogP contribution in [-0.2, 0) is 0 Å². The number of hydrogen-bond acceptors (Lipinski definition) is 3. The molecule has 2 unspecified atom stereocenters. The van der Waals surface area contributed by atoms with Gasteiger partial charge < -0.3 is 5.32 Å². The molecular formula is C10H13N3. The van der Waals surface area contributed by atoms with Crippen LogP contribution in [0.25, 0.3) is 0 Å². The van der Waals surface area contributed by atoms with Gasteiger partial charge in [-0.25, -0.2) is 9.97 Å². The van der Waals surface area contributed by atoms with Gasteiger partial charge in [0.15, 0.2) is 0 Å². The van der Waals surface area contributed by atoms with Gasteiger partial charge in [-0.2, -0.15) is 0 Å². The average molecular weight is 175 g/mol. The third-order valence-corrected chi connectivity index (χ3v) is 3.14. The van der Waals surface area contributed by atoms with Crippen LogP contribution < -0.4 is 5.32 Å². The number of anilines is 1. The van der Waals surface area contributed by atoms with Gasteiger partial charge in [-0.1, -0.05) is 0 Å². The largest absolute Gasteiger partial charge is 0.351 e. The van der Waals surface area contributed by atoms with E-state index in [1.54, 1.807) is 12.4 Å². The molecule has 3 rings (SSSR count). The van der Waals surface area contributed by atoms with Gasteiger partial charge in [0.2, 0.25) is 5.95 Å². The molecule has 2 atom stereocenters. The fourth-order valence-electron chi connectivity index (χ4n) is 2.39. The Morgan fingerprint density at radius 2 is 1.77 bits per heavy atom. The molecule has 0 amide bonds. The Labute approximate surface area is 77.6 Å². The van der Waals surface area contributed by atoms with E-state index in [9.17, 15) is 0 Å². The van der Waals surface area contributed by atoms with E-state index in [0.717, 1.165) is 17.8 Å². The SMILES string of the molecule is c1cnc(NC2CC3CC3C2)nc1. The molecule has 3 nitrogen and oxygen atoms in total. The summed E-state index contributed by atoms with van der Waals surface area (Å²) in [7, 11) is 0. The van der Waals surface area contributed by atoms with E-state index in [1.807, 2.05) is 6.07 Å². The maximum atomic E-state index is 4.16. The van der Waals surface area contributed by atoms with Crippen molar-refractivity contribution in [3.8, 4) is 0 Å². The zero-order valence-electron chi connectivity index (χ0n) is 7.48. The summed E-state index contributed by atoms with van der Waals surface area (Å²) < 4.78 is 0. The monoisotopic (exact) mass is 175 g/mol. The van der Waals surface area contributed by atoms with Crippen molar-refractivity contribution < 1.29 is 0 Å².